The largest absolute Gasteiger partial charge is 0.388 e. The molecule has 0 aliphatic heterocycles. The second-order valence-corrected chi connectivity index (χ2v) is 11.6. The van der Waals surface area contributed by atoms with Crippen LogP contribution in [0.2, 0.25) is 0 Å². The Morgan fingerprint density at radius 3 is 2.41 bits per heavy atom. The number of rotatable bonds is 9. The van der Waals surface area contributed by atoms with Crippen LogP contribution in [-0.4, -0.2) is 29.7 Å². The molecule has 0 aliphatic carbocycles. The number of aromatic nitrogens is 1. The molecule has 0 fully saturated rings. The van der Waals surface area contributed by atoms with E-state index in [1.54, 1.807) is 39.0 Å². The predicted octanol–water partition coefficient (Wildman–Crippen LogP) is 4.70. The third-order valence-electron chi connectivity index (χ3n) is 5.20. The van der Waals surface area contributed by atoms with Gasteiger partial charge in [0.15, 0.2) is 9.84 Å². The topological polar surface area (TPSA) is 122 Å². The number of sulfone groups is 1. The minimum absolute atomic E-state index is 0.00141. The molecule has 7 nitrogen and oxygen atoms in total. The van der Waals surface area contributed by atoms with Gasteiger partial charge in [0.2, 0.25) is 0 Å². The quantitative estimate of drug-likeness (QED) is 0.384. The number of carbonyl (C=O) groups is 1. The first-order valence-corrected chi connectivity index (χ1v) is 13.0. The van der Waals surface area contributed by atoms with Crippen molar-refractivity contribution in [2.75, 3.05) is 5.32 Å². The zero-order valence-corrected chi connectivity index (χ0v) is 20.4. The van der Waals surface area contributed by atoms with Gasteiger partial charge in [-0.05, 0) is 56.2 Å². The summed E-state index contributed by atoms with van der Waals surface area (Å²) in [5, 5.41) is 12.4. The summed E-state index contributed by atoms with van der Waals surface area (Å²) >= 11 is 0.895. The molecule has 182 valence electrons. The Bertz CT molecular complexity index is 1300. The van der Waals surface area contributed by atoms with Crippen molar-refractivity contribution in [3.05, 3.63) is 64.9 Å². The number of aliphatic hydroxyl groups is 1. The van der Waals surface area contributed by atoms with Crippen molar-refractivity contribution in [2.24, 2.45) is 5.73 Å². The van der Waals surface area contributed by atoms with Gasteiger partial charge < -0.3 is 16.2 Å². The molecular formula is C23H25F2N3O4S2. The van der Waals surface area contributed by atoms with Crippen LogP contribution in [0.3, 0.4) is 0 Å². The molecule has 1 aromatic carbocycles. The third kappa shape index (κ3) is 5.60. The Morgan fingerprint density at radius 1 is 1.21 bits per heavy atom. The number of hydrogen-bond acceptors (Lipinski definition) is 7. The number of thiophene rings is 1. The van der Waals surface area contributed by atoms with E-state index in [2.05, 4.69) is 10.3 Å². The number of nitrogens with zero attached hydrogens (tertiary/aromatic N) is 1. The van der Waals surface area contributed by atoms with Crippen molar-refractivity contribution < 1.29 is 27.1 Å². The van der Waals surface area contributed by atoms with E-state index in [1.807, 2.05) is 0 Å². The van der Waals surface area contributed by atoms with Crippen molar-refractivity contribution in [2.45, 2.75) is 44.3 Å². The van der Waals surface area contributed by atoms with E-state index in [0.29, 0.717) is 12.1 Å². The Balaban J connectivity index is 1.98. The SMILES string of the molecule is CCC(O)c1cc(F)c(-c2cc(C(N)=O)c(Nc3cccc(CS(=O)(=O)C(C)C)n3)s2)c(F)c1. The normalized spacial score (nSPS) is 12.7. The molecule has 3 rings (SSSR count). The van der Waals surface area contributed by atoms with E-state index in [9.17, 15) is 27.1 Å². The number of halogens is 2. The van der Waals surface area contributed by atoms with Crippen molar-refractivity contribution in [3.63, 3.8) is 0 Å². The zero-order valence-electron chi connectivity index (χ0n) is 18.8. The van der Waals surface area contributed by atoms with Crippen LogP contribution < -0.4 is 11.1 Å². The summed E-state index contributed by atoms with van der Waals surface area (Å²) < 4.78 is 54.0. The van der Waals surface area contributed by atoms with Crippen LogP contribution in [0.5, 0.6) is 0 Å². The second-order valence-electron chi connectivity index (χ2n) is 8.00. The highest BCUT2D eigenvalue weighted by Gasteiger charge is 2.22. The van der Waals surface area contributed by atoms with Crippen LogP contribution in [0.1, 0.15) is 54.9 Å². The molecule has 0 bridgehead atoms. The van der Waals surface area contributed by atoms with Crippen molar-refractivity contribution >= 4 is 37.9 Å². The summed E-state index contributed by atoms with van der Waals surface area (Å²) in [7, 11) is -3.38. The van der Waals surface area contributed by atoms with Gasteiger partial charge in [0.05, 0.1) is 33.9 Å². The summed E-state index contributed by atoms with van der Waals surface area (Å²) in [4.78, 5) is 16.4. The van der Waals surface area contributed by atoms with Gasteiger partial charge in [0.25, 0.3) is 5.91 Å². The summed E-state index contributed by atoms with van der Waals surface area (Å²) in [6, 6.07) is 8.14. The summed E-state index contributed by atoms with van der Waals surface area (Å²) in [6.07, 6.45) is -0.709. The maximum Gasteiger partial charge on any atom is 0.251 e. The number of anilines is 2. The van der Waals surface area contributed by atoms with Gasteiger partial charge in [0.1, 0.15) is 22.5 Å². The molecule has 0 radical (unpaired) electrons. The first-order chi connectivity index (χ1) is 15.9. The Morgan fingerprint density at radius 2 is 1.85 bits per heavy atom. The van der Waals surface area contributed by atoms with E-state index in [0.717, 1.165) is 23.5 Å². The molecule has 1 atom stereocenters. The number of carbonyl (C=O) groups excluding carboxylic acids is 1. The number of pyridine rings is 1. The molecule has 2 aromatic heterocycles. The standard InChI is InChI=1S/C23H25F2N3O4S2/c1-4-18(29)13-8-16(24)21(17(25)9-13)19-10-15(22(26)30)23(33-19)28-20-7-5-6-14(27-20)11-34(31,32)12(2)3/h5-10,12,18,29H,4,11H2,1-3H3,(H2,26,30)(H,27,28). The van der Waals surface area contributed by atoms with Crippen LogP contribution in [-0.2, 0) is 15.6 Å². The van der Waals surface area contributed by atoms with E-state index in [1.165, 1.54) is 6.07 Å². The Kier molecular flexibility index (Phi) is 7.69. The number of nitrogens with two attached hydrogens (primary N) is 1. The lowest BCUT2D eigenvalue weighted by Gasteiger charge is -2.11. The summed E-state index contributed by atoms with van der Waals surface area (Å²) in [6.45, 7) is 4.85. The minimum Gasteiger partial charge on any atom is -0.388 e. The number of amides is 1. The second kappa shape index (κ2) is 10.2. The number of aliphatic hydroxyl groups excluding tert-OH is 1. The van der Waals surface area contributed by atoms with Crippen LogP contribution in [0, 0.1) is 11.6 Å². The third-order valence-corrected chi connectivity index (χ3v) is 8.40. The van der Waals surface area contributed by atoms with Crippen molar-refractivity contribution in [1.82, 2.24) is 4.98 Å². The molecule has 4 N–H and O–H groups in total. The fraction of sp³-hybridized carbons (Fsp3) is 0.304. The van der Waals surface area contributed by atoms with Crippen LogP contribution in [0.25, 0.3) is 10.4 Å². The molecular weight excluding hydrogens is 484 g/mol. The molecule has 0 saturated heterocycles. The first kappa shape index (κ1) is 25.7. The molecule has 0 spiro atoms. The molecule has 0 aliphatic rings. The van der Waals surface area contributed by atoms with E-state index < -0.39 is 38.7 Å². The lowest BCUT2D eigenvalue weighted by molar-refractivity contribution is 0.100. The number of primary amides is 1. The van der Waals surface area contributed by atoms with Crippen LogP contribution in [0.15, 0.2) is 36.4 Å². The fourth-order valence-corrected chi connectivity index (χ4v) is 5.19. The van der Waals surface area contributed by atoms with Crippen molar-refractivity contribution in [1.29, 1.82) is 0 Å². The molecule has 1 unspecified atom stereocenters. The Hall–Kier alpha value is -2.89. The van der Waals surface area contributed by atoms with Gasteiger partial charge >= 0.3 is 0 Å². The lowest BCUT2D eigenvalue weighted by atomic mass is 10.0. The lowest BCUT2D eigenvalue weighted by Crippen LogP contribution is -2.17. The van der Waals surface area contributed by atoms with Crippen LogP contribution in [0.4, 0.5) is 19.6 Å². The van der Waals surface area contributed by atoms with E-state index in [-0.39, 0.29) is 38.1 Å². The minimum atomic E-state index is -3.38. The highest BCUT2D eigenvalue weighted by Crippen LogP contribution is 2.40. The maximum absolute atomic E-state index is 14.8. The van der Waals surface area contributed by atoms with Gasteiger partial charge in [-0.3, -0.25) is 4.79 Å². The molecule has 1 amide bonds. The van der Waals surface area contributed by atoms with E-state index >= 15 is 0 Å². The predicted molar refractivity (Wildman–Crippen MR) is 129 cm³/mol. The molecule has 34 heavy (non-hydrogen) atoms. The van der Waals surface area contributed by atoms with Crippen LogP contribution >= 0.6 is 11.3 Å². The first-order valence-electron chi connectivity index (χ1n) is 10.5. The van der Waals surface area contributed by atoms with Gasteiger partial charge in [-0.15, -0.1) is 11.3 Å². The highest BCUT2D eigenvalue weighted by atomic mass is 32.2. The highest BCUT2D eigenvalue weighted by molar-refractivity contribution is 7.91. The van der Waals surface area contributed by atoms with E-state index in [4.69, 9.17) is 5.73 Å². The molecule has 3 aromatic rings. The summed E-state index contributed by atoms with van der Waals surface area (Å²) in [5.41, 5.74) is 5.54. The number of benzene rings is 1. The number of nitrogens with one attached hydrogen (secondary N) is 1. The van der Waals surface area contributed by atoms with Gasteiger partial charge in [-0.25, -0.2) is 22.2 Å². The smallest absolute Gasteiger partial charge is 0.251 e. The van der Waals surface area contributed by atoms with Gasteiger partial charge in [-0.1, -0.05) is 13.0 Å². The molecule has 11 heteroatoms. The molecule has 0 saturated carbocycles. The molecule has 2 heterocycles. The monoisotopic (exact) mass is 509 g/mol. The zero-order chi connectivity index (χ0) is 25.2. The maximum atomic E-state index is 14.8. The van der Waals surface area contributed by atoms with Gasteiger partial charge in [-0.2, -0.15) is 0 Å². The number of hydrogen-bond donors (Lipinski definition) is 3. The Labute approximate surface area is 200 Å². The summed E-state index contributed by atoms with van der Waals surface area (Å²) in [5.74, 6) is -2.60. The van der Waals surface area contributed by atoms with Gasteiger partial charge in [0, 0.05) is 4.88 Å². The average Bonchev–Trinajstić information content (AvgIpc) is 3.15. The van der Waals surface area contributed by atoms with Crippen molar-refractivity contribution in [3.8, 4) is 10.4 Å². The average molecular weight is 510 g/mol. The fourth-order valence-electron chi connectivity index (χ4n) is 3.17.